The first-order valence-corrected chi connectivity index (χ1v) is 8.12. The summed E-state index contributed by atoms with van der Waals surface area (Å²) in [6.07, 6.45) is 15.5. The molecule has 0 unspecified atom stereocenters. The number of nitrogens with zero attached hydrogens (tertiary/aromatic N) is 4. The predicted octanol–water partition coefficient (Wildman–Crippen LogP) is 2.76. The van der Waals surface area contributed by atoms with Gasteiger partial charge in [-0.3, -0.25) is 4.68 Å². The summed E-state index contributed by atoms with van der Waals surface area (Å²) in [5, 5.41) is 8.18. The molecule has 0 bridgehead atoms. The summed E-state index contributed by atoms with van der Waals surface area (Å²) >= 11 is 0. The molecule has 0 saturated heterocycles. The Hall–Kier alpha value is -1.62. The van der Waals surface area contributed by atoms with E-state index in [1.807, 2.05) is 18.7 Å². The molecule has 1 aliphatic rings. The van der Waals surface area contributed by atoms with Gasteiger partial charge < -0.3 is 9.88 Å². The monoisotopic (exact) mass is 287 g/mol. The molecular formula is C16H25N5. The molecule has 2 aromatic rings. The minimum atomic E-state index is 0.647. The van der Waals surface area contributed by atoms with Crippen molar-refractivity contribution in [1.82, 2.24) is 24.6 Å². The Morgan fingerprint density at radius 2 is 2.10 bits per heavy atom. The molecule has 0 atom stereocenters. The molecule has 5 heteroatoms. The first-order chi connectivity index (χ1) is 10.4. The molecule has 21 heavy (non-hydrogen) atoms. The number of imidazole rings is 1. The Balaban J connectivity index is 1.30. The fraction of sp³-hybridized carbons (Fsp3) is 0.625. The fourth-order valence-corrected chi connectivity index (χ4v) is 3.02. The van der Waals surface area contributed by atoms with Crippen molar-refractivity contribution >= 4 is 0 Å². The zero-order valence-electron chi connectivity index (χ0n) is 12.6. The van der Waals surface area contributed by atoms with Gasteiger partial charge in [-0.1, -0.05) is 12.8 Å². The van der Waals surface area contributed by atoms with Crippen molar-refractivity contribution < 1.29 is 0 Å². The number of aryl methyl sites for hydroxylation is 1. The quantitative estimate of drug-likeness (QED) is 0.759. The van der Waals surface area contributed by atoms with Crippen molar-refractivity contribution in [3.63, 3.8) is 0 Å². The largest absolute Gasteiger partial charge is 0.337 e. The van der Waals surface area contributed by atoms with Crippen LogP contribution in [0.4, 0.5) is 0 Å². The van der Waals surface area contributed by atoms with Crippen LogP contribution < -0.4 is 5.32 Å². The van der Waals surface area contributed by atoms with E-state index in [0.717, 1.165) is 25.3 Å². The topological polar surface area (TPSA) is 47.7 Å². The van der Waals surface area contributed by atoms with Crippen LogP contribution in [-0.2, 0) is 13.1 Å². The molecule has 0 radical (unpaired) electrons. The van der Waals surface area contributed by atoms with Crippen LogP contribution in [0, 0.1) is 0 Å². The Bertz CT molecular complexity index is 511. The van der Waals surface area contributed by atoms with Gasteiger partial charge in [-0.25, -0.2) is 4.98 Å². The molecule has 0 amide bonds. The zero-order valence-corrected chi connectivity index (χ0v) is 12.6. The summed E-state index contributed by atoms with van der Waals surface area (Å²) < 4.78 is 4.30. The van der Waals surface area contributed by atoms with Crippen molar-refractivity contribution in [2.45, 2.75) is 57.7 Å². The van der Waals surface area contributed by atoms with E-state index < -0.39 is 0 Å². The first-order valence-electron chi connectivity index (χ1n) is 8.12. The Labute approximate surface area is 126 Å². The average Bonchev–Trinajstić information content (AvgIpc) is 3.23. The molecule has 2 aromatic heterocycles. The highest BCUT2D eigenvalue weighted by molar-refractivity contribution is 4.99. The van der Waals surface area contributed by atoms with E-state index in [0.29, 0.717) is 6.04 Å². The molecular weight excluding hydrogens is 262 g/mol. The average molecular weight is 287 g/mol. The molecule has 1 saturated carbocycles. The number of unbranched alkanes of at least 4 members (excludes halogenated alkanes) is 1. The van der Waals surface area contributed by atoms with Crippen LogP contribution in [0.25, 0.3) is 0 Å². The molecule has 0 spiro atoms. The highest BCUT2D eigenvalue weighted by Gasteiger charge is 2.17. The van der Waals surface area contributed by atoms with E-state index in [1.165, 1.54) is 38.5 Å². The van der Waals surface area contributed by atoms with Gasteiger partial charge in [0, 0.05) is 31.7 Å². The third-order valence-corrected chi connectivity index (χ3v) is 4.25. The van der Waals surface area contributed by atoms with Crippen molar-refractivity contribution in [3.05, 3.63) is 36.7 Å². The van der Waals surface area contributed by atoms with E-state index in [4.69, 9.17) is 5.10 Å². The second-order valence-corrected chi connectivity index (χ2v) is 5.91. The van der Waals surface area contributed by atoms with E-state index in [-0.39, 0.29) is 0 Å². The molecule has 2 heterocycles. The SMILES string of the molecule is c1cn(CCCCNCc2ccn(C3CCCC3)n2)cn1. The first kappa shape index (κ1) is 14.3. The molecule has 0 aromatic carbocycles. The fourth-order valence-electron chi connectivity index (χ4n) is 3.02. The maximum Gasteiger partial charge on any atom is 0.0945 e. The minimum absolute atomic E-state index is 0.647. The summed E-state index contributed by atoms with van der Waals surface area (Å²) in [7, 11) is 0. The van der Waals surface area contributed by atoms with Crippen molar-refractivity contribution in [2.75, 3.05) is 6.54 Å². The lowest BCUT2D eigenvalue weighted by atomic mass is 10.3. The van der Waals surface area contributed by atoms with Gasteiger partial charge in [0.25, 0.3) is 0 Å². The van der Waals surface area contributed by atoms with Crippen molar-refractivity contribution in [1.29, 1.82) is 0 Å². The van der Waals surface area contributed by atoms with Crippen LogP contribution >= 0.6 is 0 Å². The normalized spacial score (nSPS) is 15.8. The van der Waals surface area contributed by atoms with E-state index in [9.17, 15) is 0 Å². The lowest BCUT2D eigenvalue weighted by molar-refractivity contribution is 0.460. The number of hydrogen-bond acceptors (Lipinski definition) is 3. The van der Waals surface area contributed by atoms with Crippen molar-refractivity contribution in [2.24, 2.45) is 0 Å². The minimum Gasteiger partial charge on any atom is -0.337 e. The van der Waals surface area contributed by atoms with Gasteiger partial charge >= 0.3 is 0 Å². The summed E-state index contributed by atoms with van der Waals surface area (Å²) in [5.41, 5.74) is 1.16. The zero-order chi connectivity index (χ0) is 14.3. The highest BCUT2D eigenvalue weighted by Crippen LogP contribution is 2.28. The maximum atomic E-state index is 4.69. The molecule has 1 N–H and O–H groups in total. The van der Waals surface area contributed by atoms with Crippen molar-refractivity contribution in [3.8, 4) is 0 Å². The third kappa shape index (κ3) is 4.17. The van der Waals surface area contributed by atoms with E-state index in [1.54, 1.807) is 0 Å². The molecule has 0 aliphatic heterocycles. The lowest BCUT2D eigenvalue weighted by Crippen LogP contribution is -2.16. The van der Waals surface area contributed by atoms with Crippen LogP contribution in [0.3, 0.4) is 0 Å². The van der Waals surface area contributed by atoms with Crippen LogP contribution in [0.5, 0.6) is 0 Å². The lowest BCUT2D eigenvalue weighted by Gasteiger charge is -2.09. The van der Waals surface area contributed by atoms with Gasteiger partial charge in [0.1, 0.15) is 0 Å². The number of hydrogen-bond donors (Lipinski definition) is 1. The molecule has 5 nitrogen and oxygen atoms in total. The van der Waals surface area contributed by atoms with Crippen LogP contribution in [0.1, 0.15) is 50.3 Å². The summed E-state index contributed by atoms with van der Waals surface area (Å²) in [4.78, 5) is 4.05. The summed E-state index contributed by atoms with van der Waals surface area (Å²) in [6.45, 7) is 2.98. The van der Waals surface area contributed by atoms with Crippen LogP contribution in [0.15, 0.2) is 31.0 Å². The molecule has 1 aliphatic carbocycles. The number of rotatable bonds is 8. The van der Waals surface area contributed by atoms with Gasteiger partial charge in [-0.05, 0) is 38.3 Å². The molecule has 1 fully saturated rings. The highest BCUT2D eigenvalue weighted by atomic mass is 15.3. The van der Waals surface area contributed by atoms with Gasteiger partial charge in [0.05, 0.1) is 18.1 Å². The Kier molecular flexibility index (Phi) is 5.05. The van der Waals surface area contributed by atoms with Crippen LogP contribution in [0.2, 0.25) is 0 Å². The summed E-state index contributed by atoms with van der Waals surface area (Å²) in [5.74, 6) is 0. The standard InChI is InChI=1S/C16H25N5/c1-2-6-16(5-1)21-11-7-15(19-21)13-17-8-3-4-10-20-12-9-18-14-20/h7,9,11-12,14,16-17H,1-6,8,10,13H2. The van der Waals surface area contributed by atoms with Gasteiger partial charge in [-0.15, -0.1) is 0 Å². The van der Waals surface area contributed by atoms with E-state index in [2.05, 4.69) is 31.8 Å². The number of nitrogens with one attached hydrogen (secondary N) is 1. The van der Waals surface area contributed by atoms with Gasteiger partial charge in [0.2, 0.25) is 0 Å². The Morgan fingerprint density at radius 3 is 2.90 bits per heavy atom. The maximum absolute atomic E-state index is 4.69. The number of aromatic nitrogens is 4. The second-order valence-electron chi connectivity index (χ2n) is 5.91. The third-order valence-electron chi connectivity index (χ3n) is 4.25. The molecule has 114 valence electrons. The van der Waals surface area contributed by atoms with Gasteiger partial charge in [0.15, 0.2) is 0 Å². The Morgan fingerprint density at radius 1 is 1.19 bits per heavy atom. The smallest absolute Gasteiger partial charge is 0.0945 e. The van der Waals surface area contributed by atoms with Crippen LogP contribution in [-0.4, -0.2) is 25.9 Å². The molecule has 3 rings (SSSR count). The predicted molar refractivity (Wildman–Crippen MR) is 82.9 cm³/mol. The van der Waals surface area contributed by atoms with Gasteiger partial charge in [-0.2, -0.15) is 5.10 Å². The van der Waals surface area contributed by atoms with E-state index >= 15 is 0 Å². The summed E-state index contributed by atoms with van der Waals surface area (Å²) in [6, 6.07) is 2.80. The second kappa shape index (κ2) is 7.41.